The second kappa shape index (κ2) is 3.10. The number of nitrogens with zero attached hydrogens (tertiary/aromatic N) is 2. The maximum atomic E-state index is 5.25. The van der Waals surface area contributed by atoms with Crippen LogP contribution in [0.2, 0.25) is 0 Å². The molecule has 2 aliphatic heterocycles. The van der Waals surface area contributed by atoms with Crippen LogP contribution in [-0.4, -0.2) is 38.3 Å². The lowest BCUT2D eigenvalue weighted by molar-refractivity contribution is -0.127. The third-order valence-corrected chi connectivity index (χ3v) is 3.24. The maximum Gasteiger partial charge on any atom is 0.125 e. The highest BCUT2D eigenvalue weighted by atomic mass is 16.5. The van der Waals surface area contributed by atoms with Crippen molar-refractivity contribution in [2.24, 2.45) is 5.41 Å². The van der Waals surface area contributed by atoms with Crippen LogP contribution in [-0.2, 0) is 4.74 Å². The molecule has 2 fully saturated rings. The van der Waals surface area contributed by atoms with E-state index in [1.54, 1.807) is 0 Å². The predicted octanol–water partition coefficient (Wildman–Crippen LogP) is 0.960. The molecule has 2 aliphatic rings. The van der Waals surface area contributed by atoms with E-state index in [0.717, 1.165) is 32.1 Å². The zero-order chi connectivity index (χ0) is 10.3. The zero-order valence-electron chi connectivity index (χ0n) is 8.86. The minimum Gasteiger partial charge on any atom is -0.380 e. The van der Waals surface area contributed by atoms with E-state index in [4.69, 9.17) is 4.74 Å². The molecule has 1 N–H and O–H groups in total. The normalized spacial score (nSPS) is 22.1. The highest BCUT2D eigenvalue weighted by Crippen LogP contribution is 2.39. The van der Waals surface area contributed by atoms with Gasteiger partial charge in [0.2, 0.25) is 0 Å². The molecule has 0 amide bonds. The van der Waals surface area contributed by atoms with Crippen LogP contribution in [0.3, 0.4) is 0 Å². The number of rotatable bonds is 2. The van der Waals surface area contributed by atoms with Crippen molar-refractivity contribution in [2.75, 3.05) is 43.6 Å². The Hall–Kier alpha value is -1.29. The highest BCUT2D eigenvalue weighted by Gasteiger charge is 2.49. The van der Waals surface area contributed by atoms with Crippen LogP contribution in [0.15, 0.2) is 18.3 Å². The molecule has 2 saturated heterocycles. The molecule has 4 heteroatoms. The first-order valence-electron chi connectivity index (χ1n) is 5.28. The molecule has 15 heavy (non-hydrogen) atoms. The summed E-state index contributed by atoms with van der Waals surface area (Å²) >= 11 is 0. The molecular weight excluding hydrogens is 190 g/mol. The summed E-state index contributed by atoms with van der Waals surface area (Å²) in [6.45, 7) is 4.11. The summed E-state index contributed by atoms with van der Waals surface area (Å²) in [5.74, 6) is 0.918. The fraction of sp³-hybridized carbons (Fsp3) is 0.545. The van der Waals surface area contributed by atoms with Gasteiger partial charge in [-0.05, 0) is 12.1 Å². The van der Waals surface area contributed by atoms with E-state index in [1.807, 2.05) is 19.3 Å². The van der Waals surface area contributed by atoms with Crippen LogP contribution in [0.1, 0.15) is 0 Å². The number of anilines is 2. The van der Waals surface area contributed by atoms with Crippen LogP contribution in [0.4, 0.5) is 11.5 Å². The average Bonchev–Trinajstić information content (AvgIpc) is 2.14. The Morgan fingerprint density at radius 3 is 2.67 bits per heavy atom. The van der Waals surface area contributed by atoms with Gasteiger partial charge in [0.15, 0.2) is 0 Å². The standard InChI is InChI=1S/C11H15N3O/c1-12-10-3-2-9(4-13-10)14-5-11(6-14)7-15-8-11/h2-4H,5-8H2,1H3,(H,12,13). The second-order valence-electron chi connectivity index (χ2n) is 4.50. The van der Waals surface area contributed by atoms with Crippen LogP contribution in [0, 0.1) is 5.41 Å². The molecule has 1 aromatic heterocycles. The number of nitrogens with one attached hydrogen (secondary N) is 1. The van der Waals surface area contributed by atoms with E-state index in [2.05, 4.69) is 21.3 Å². The summed E-state index contributed by atoms with van der Waals surface area (Å²) in [5.41, 5.74) is 1.69. The topological polar surface area (TPSA) is 37.4 Å². The number of hydrogen-bond acceptors (Lipinski definition) is 4. The molecule has 0 aliphatic carbocycles. The van der Waals surface area contributed by atoms with Crippen molar-refractivity contribution in [1.29, 1.82) is 0 Å². The molecule has 1 spiro atoms. The third kappa shape index (κ3) is 1.36. The van der Waals surface area contributed by atoms with Crippen molar-refractivity contribution in [3.63, 3.8) is 0 Å². The molecule has 0 radical (unpaired) electrons. The lowest BCUT2D eigenvalue weighted by atomic mass is 9.78. The maximum absolute atomic E-state index is 5.25. The third-order valence-electron chi connectivity index (χ3n) is 3.24. The molecule has 80 valence electrons. The van der Waals surface area contributed by atoms with Gasteiger partial charge in [-0.2, -0.15) is 0 Å². The van der Waals surface area contributed by atoms with Crippen molar-refractivity contribution in [2.45, 2.75) is 0 Å². The van der Waals surface area contributed by atoms with E-state index in [9.17, 15) is 0 Å². The first-order valence-corrected chi connectivity index (χ1v) is 5.28. The van der Waals surface area contributed by atoms with Crippen LogP contribution >= 0.6 is 0 Å². The SMILES string of the molecule is CNc1ccc(N2CC3(COC3)C2)cn1. The Morgan fingerprint density at radius 2 is 2.20 bits per heavy atom. The van der Waals surface area contributed by atoms with Gasteiger partial charge in [-0.25, -0.2) is 4.98 Å². The molecule has 0 bridgehead atoms. The molecule has 3 rings (SSSR count). The Balaban J connectivity index is 1.67. The highest BCUT2D eigenvalue weighted by molar-refractivity contribution is 5.52. The summed E-state index contributed by atoms with van der Waals surface area (Å²) in [5, 5.41) is 3.02. The van der Waals surface area contributed by atoms with Gasteiger partial charge in [0.1, 0.15) is 5.82 Å². The van der Waals surface area contributed by atoms with Gasteiger partial charge in [0.25, 0.3) is 0 Å². The Morgan fingerprint density at radius 1 is 1.40 bits per heavy atom. The van der Waals surface area contributed by atoms with Gasteiger partial charge in [-0.1, -0.05) is 0 Å². The first kappa shape index (κ1) is 8.97. The lowest BCUT2D eigenvalue weighted by Crippen LogP contribution is -2.66. The van der Waals surface area contributed by atoms with E-state index in [0.29, 0.717) is 5.41 Å². The van der Waals surface area contributed by atoms with Crippen molar-refractivity contribution < 1.29 is 4.74 Å². The molecule has 4 nitrogen and oxygen atoms in total. The molecular formula is C11H15N3O. The minimum atomic E-state index is 0.474. The van der Waals surface area contributed by atoms with Gasteiger partial charge in [-0.15, -0.1) is 0 Å². The van der Waals surface area contributed by atoms with Crippen LogP contribution in [0.25, 0.3) is 0 Å². The molecule has 0 saturated carbocycles. The fourth-order valence-corrected chi connectivity index (χ4v) is 2.24. The summed E-state index contributed by atoms with van der Waals surface area (Å²) in [6.07, 6.45) is 1.93. The molecule has 0 atom stereocenters. The predicted molar refractivity (Wildman–Crippen MR) is 59.2 cm³/mol. The van der Waals surface area contributed by atoms with Gasteiger partial charge < -0.3 is 15.0 Å². The summed E-state index contributed by atoms with van der Waals surface area (Å²) in [4.78, 5) is 6.66. The van der Waals surface area contributed by atoms with Gasteiger partial charge in [-0.3, -0.25) is 0 Å². The Bertz CT molecular complexity index is 351. The van der Waals surface area contributed by atoms with E-state index < -0.39 is 0 Å². The summed E-state index contributed by atoms with van der Waals surface area (Å²) in [7, 11) is 1.88. The molecule has 3 heterocycles. The summed E-state index contributed by atoms with van der Waals surface area (Å²) in [6, 6.07) is 4.13. The van der Waals surface area contributed by atoms with Crippen molar-refractivity contribution >= 4 is 11.5 Å². The Kier molecular flexibility index (Phi) is 1.85. The number of aromatic nitrogens is 1. The van der Waals surface area contributed by atoms with E-state index in [-0.39, 0.29) is 0 Å². The number of hydrogen-bond donors (Lipinski definition) is 1. The number of ether oxygens (including phenoxy) is 1. The summed E-state index contributed by atoms with van der Waals surface area (Å²) < 4.78 is 5.25. The fourth-order valence-electron chi connectivity index (χ4n) is 2.24. The minimum absolute atomic E-state index is 0.474. The molecule has 1 aromatic rings. The van der Waals surface area contributed by atoms with Gasteiger partial charge >= 0.3 is 0 Å². The smallest absolute Gasteiger partial charge is 0.125 e. The van der Waals surface area contributed by atoms with Gasteiger partial charge in [0, 0.05) is 20.1 Å². The Labute approximate surface area is 89.3 Å². The quantitative estimate of drug-likeness (QED) is 0.780. The van der Waals surface area contributed by atoms with E-state index >= 15 is 0 Å². The first-order chi connectivity index (χ1) is 7.31. The van der Waals surface area contributed by atoms with Crippen LogP contribution < -0.4 is 10.2 Å². The van der Waals surface area contributed by atoms with Crippen molar-refractivity contribution in [1.82, 2.24) is 4.98 Å². The molecule has 0 aromatic carbocycles. The van der Waals surface area contributed by atoms with Crippen molar-refractivity contribution in [3.8, 4) is 0 Å². The largest absolute Gasteiger partial charge is 0.380 e. The molecule has 0 unspecified atom stereocenters. The van der Waals surface area contributed by atoms with Crippen LogP contribution in [0.5, 0.6) is 0 Å². The second-order valence-corrected chi connectivity index (χ2v) is 4.50. The van der Waals surface area contributed by atoms with E-state index in [1.165, 1.54) is 5.69 Å². The van der Waals surface area contributed by atoms with Gasteiger partial charge in [0.05, 0.1) is 30.5 Å². The lowest BCUT2D eigenvalue weighted by Gasteiger charge is -2.55. The number of pyridine rings is 1. The van der Waals surface area contributed by atoms with Crippen molar-refractivity contribution in [3.05, 3.63) is 18.3 Å². The zero-order valence-corrected chi connectivity index (χ0v) is 8.86. The average molecular weight is 205 g/mol. The monoisotopic (exact) mass is 205 g/mol.